The van der Waals surface area contributed by atoms with Crippen molar-refractivity contribution in [3.05, 3.63) is 33.9 Å². The van der Waals surface area contributed by atoms with E-state index in [1.165, 1.54) is 0 Å². The van der Waals surface area contributed by atoms with Crippen molar-refractivity contribution in [2.24, 2.45) is 0 Å². The Balaban J connectivity index is 2.76. The lowest BCUT2D eigenvalue weighted by Gasteiger charge is -2.08. The van der Waals surface area contributed by atoms with Crippen molar-refractivity contribution in [3.63, 3.8) is 0 Å². The maximum atomic E-state index is 13.4. The van der Waals surface area contributed by atoms with Crippen LogP contribution in [-0.4, -0.2) is 23.5 Å². The lowest BCUT2D eigenvalue weighted by atomic mass is 10.2. The van der Waals surface area contributed by atoms with Gasteiger partial charge in [0.15, 0.2) is 11.6 Å². The molecule has 0 heterocycles. The van der Waals surface area contributed by atoms with Crippen LogP contribution in [0.4, 0.5) is 20.2 Å². The number of benzene rings is 1. The highest BCUT2D eigenvalue weighted by Gasteiger charge is 2.16. The second-order valence-corrected chi connectivity index (χ2v) is 4.30. The lowest BCUT2D eigenvalue weighted by molar-refractivity contribution is -0.385. The Kier molecular flexibility index (Phi) is 5.14. The molecule has 1 aromatic rings. The van der Waals surface area contributed by atoms with Crippen LogP contribution in [0.15, 0.2) is 12.1 Å². The molecule has 0 fully saturated rings. The van der Waals surface area contributed by atoms with Gasteiger partial charge in [-0.3, -0.25) is 10.1 Å². The first-order valence-electron chi connectivity index (χ1n) is 4.92. The van der Waals surface area contributed by atoms with Gasteiger partial charge in [-0.05, 0) is 18.4 Å². The SMILES string of the molecule is CSCCCNc1c(F)cc([N+](=O)[O-])cc1F. The van der Waals surface area contributed by atoms with E-state index in [4.69, 9.17) is 0 Å². The van der Waals surface area contributed by atoms with Gasteiger partial charge < -0.3 is 5.32 Å². The summed E-state index contributed by atoms with van der Waals surface area (Å²) in [6.07, 6.45) is 2.70. The fourth-order valence-electron chi connectivity index (χ4n) is 1.26. The quantitative estimate of drug-likeness (QED) is 0.486. The molecule has 94 valence electrons. The van der Waals surface area contributed by atoms with Gasteiger partial charge in [-0.2, -0.15) is 11.8 Å². The highest BCUT2D eigenvalue weighted by Crippen LogP contribution is 2.24. The van der Waals surface area contributed by atoms with Gasteiger partial charge in [0.25, 0.3) is 5.69 Å². The minimum absolute atomic E-state index is 0.309. The minimum atomic E-state index is -0.944. The first kappa shape index (κ1) is 13.7. The number of nitrogens with zero attached hydrogens (tertiary/aromatic N) is 1. The van der Waals surface area contributed by atoms with E-state index in [0.29, 0.717) is 18.7 Å². The zero-order valence-corrected chi connectivity index (χ0v) is 10.0. The summed E-state index contributed by atoms with van der Waals surface area (Å²) in [5, 5.41) is 13.0. The van der Waals surface area contributed by atoms with Crippen molar-refractivity contribution in [2.75, 3.05) is 23.9 Å². The van der Waals surface area contributed by atoms with E-state index in [0.717, 1.165) is 12.2 Å². The standard InChI is InChI=1S/C10H12F2N2O2S/c1-17-4-2-3-13-10-8(11)5-7(14(15)16)6-9(10)12/h5-6,13H,2-4H2,1H3. The number of non-ortho nitro benzene ring substituents is 1. The van der Waals surface area contributed by atoms with E-state index in [2.05, 4.69) is 5.32 Å². The van der Waals surface area contributed by atoms with Crippen molar-refractivity contribution in [1.82, 2.24) is 0 Å². The topological polar surface area (TPSA) is 55.2 Å². The number of rotatable bonds is 6. The summed E-state index contributed by atoms with van der Waals surface area (Å²) in [4.78, 5) is 9.54. The second kappa shape index (κ2) is 6.39. The molecule has 0 bridgehead atoms. The van der Waals surface area contributed by atoms with Crippen LogP contribution in [0.3, 0.4) is 0 Å². The predicted molar refractivity (Wildman–Crippen MR) is 64.5 cm³/mol. The van der Waals surface area contributed by atoms with Gasteiger partial charge in [0.2, 0.25) is 0 Å². The molecule has 4 nitrogen and oxygen atoms in total. The molecular weight excluding hydrogens is 250 g/mol. The van der Waals surface area contributed by atoms with E-state index in [1.807, 2.05) is 6.26 Å². The summed E-state index contributed by atoms with van der Waals surface area (Å²) in [6, 6.07) is 1.42. The van der Waals surface area contributed by atoms with Crippen molar-refractivity contribution < 1.29 is 13.7 Å². The van der Waals surface area contributed by atoms with E-state index in [1.54, 1.807) is 11.8 Å². The number of nitrogens with one attached hydrogen (secondary N) is 1. The van der Waals surface area contributed by atoms with Gasteiger partial charge in [0.05, 0.1) is 17.1 Å². The molecule has 7 heteroatoms. The van der Waals surface area contributed by atoms with Crippen LogP contribution in [0.1, 0.15) is 6.42 Å². The number of nitro groups is 1. The van der Waals surface area contributed by atoms with Gasteiger partial charge >= 0.3 is 0 Å². The summed E-state index contributed by atoms with van der Waals surface area (Å²) in [5.41, 5.74) is -0.897. The summed E-state index contributed by atoms with van der Waals surface area (Å²) in [7, 11) is 0. The molecule has 1 aromatic carbocycles. The summed E-state index contributed by atoms with van der Waals surface area (Å²) in [5.74, 6) is -1.01. The minimum Gasteiger partial charge on any atom is -0.380 e. The average Bonchev–Trinajstić information content (AvgIpc) is 2.26. The Morgan fingerprint density at radius 1 is 1.41 bits per heavy atom. The molecule has 0 radical (unpaired) electrons. The van der Waals surface area contributed by atoms with Crippen LogP contribution in [0.5, 0.6) is 0 Å². The molecule has 0 aliphatic carbocycles. The number of hydrogen-bond donors (Lipinski definition) is 1. The molecule has 1 N–H and O–H groups in total. The Labute approximate surface area is 102 Å². The zero-order valence-electron chi connectivity index (χ0n) is 9.20. The third kappa shape index (κ3) is 3.85. The van der Waals surface area contributed by atoms with E-state index >= 15 is 0 Å². The van der Waals surface area contributed by atoms with Crippen molar-refractivity contribution in [1.29, 1.82) is 0 Å². The number of thioether (sulfide) groups is 1. The third-order valence-electron chi connectivity index (χ3n) is 2.06. The van der Waals surface area contributed by atoms with Crippen LogP contribution >= 0.6 is 11.8 Å². The number of halogens is 2. The molecule has 0 saturated heterocycles. The molecular formula is C10H12F2N2O2S. The maximum absolute atomic E-state index is 13.4. The van der Waals surface area contributed by atoms with Crippen LogP contribution in [0.2, 0.25) is 0 Å². The highest BCUT2D eigenvalue weighted by atomic mass is 32.2. The third-order valence-corrected chi connectivity index (χ3v) is 2.76. The second-order valence-electron chi connectivity index (χ2n) is 3.31. The summed E-state index contributed by atoms with van der Waals surface area (Å²) in [6.45, 7) is 0.423. The van der Waals surface area contributed by atoms with Crippen LogP contribution in [0, 0.1) is 21.7 Å². The van der Waals surface area contributed by atoms with Crippen molar-refractivity contribution in [3.8, 4) is 0 Å². The predicted octanol–water partition coefficient (Wildman–Crippen LogP) is 3.04. The van der Waals surface area contributed by atoms with Gasteiger partial charge in [-0.1, -0.05) is 0 Å². The van der Waals surface area contributed by atoms with Gasteiger partial charge in [-0.25, -0.2) is 8.78 Å². The number of hydrogen-bond acceptors (Lipinski definition) is 4. The molecule has 0 amide bonds. The molecule has 0 atom stereocenters. The number of anilines is 1. The Bertz CT molecular complexity index is 392. The van der Waals surface area contributed by atoms with E-state index in [-0.39, 0.29) is 5.69 Å². The van der Waals surface area contributed by atoms with Gasteiger partial charge in [0, 0.05) is 6.54 Å². The molecule has 0 aromatic heterocycles. The molecule has 17 heavy (non-hydrogen) atoms. The lowest BCUT2D eigenvalue weighted by Crippen LogP contribution is -2.07. The van der Waals surface area contributed by atoms with Crippen LogP contribution in [0.25, 0.3) is 0 Å². The largest absolute Gasteiger partial charge is 0.380 e. The van der Waals surface area contributed by atoms with E-state index < -0.39 is 22.2 Å². The zero-order chi connectivity index (χ0) is 12.8. The molecule has 0 unspecified atom stereocenters. The molecule has 0 spiro atoms. The summed E-state index contributed by atoms with van der Waals surface area (Å²) < 4.78 is 26.7. The van der Waals surface area contributed by atoms with Crippen molar-refractivity contribution in [2.45, 2.75) is 6.42 Å². The molecule has 0 aliphatic rings. The Hall–Kier alpha value is -1.37. The maximum Gasteiger partial charge on any atom is 0.275 e. The fraction of sp³-hybridized carbons (Fsp3) is 0.400. The molecule has 1 rings (SSSR count). The summed E-state index contributed by atoms with van der Waals surface area (Å²) >= 11 is 1.63. The van der Waals surface area contributed by atoms with Crippen molar-refractivity contribution >= 4 is 23.1 Å². The first-order valence-corrected chi connectivity index (χ1v) is 6.32. The van der Waals surface area contributed by atoms with Gasteiger partial charge in [-0.15, -0.1) is 0 Å². The molecule has 0 saturated carbocycles. The van der Waals surface area contributed by atoms with Crippen LogP contribution in [-0.2, 0) is 0 Å². The Morgan fingerprint density at radius 2 is 2.00 bits per heavy atom. The molecule has 0 aliphatic heterocycles. The Morgan fingerprint density at radius 3 is 2.47 bits per heavy atom. The van der Waals surface area contributed by atoms with E-state index in [9.17, 15) is 18.9 Å². The first-order chi connectivity index (χ1) is 8.06. The van der Waals surface area contributed by atoms with Gasteiger partial charge in [0.1, 0.15) is 5.69 Å². The van der Waals surface area contributed by atoms with Crippen LogP contribution < -0.4 is 5.32 Å². The average molecular weight is 262 g/mol. The number of nitro benzene ring substituents is 1. The monoisotopic (exact) mass is 262 g/mol. The highest BCUT2D eigenvalue weighted by molar-refractivity contribution is 7.98. The fourth-order valence-corrected chi connectivity index (χ4v) is 1.70. The normalized spacial score (nSPS) is 10.3. The smallest absolute Gasteiger partial charge is 0.275 e.